The van der Waals surface area contributed by atoms with Gasteiger partial charge in [0.25, 0.3) is 0 Å². The third-order valence-electron chi connectivity index (χ3n) is 2.67. The topological polar surface area (TPSA) is 47.2 Å². The number of carbonyl (C=O) groups excluding carboxylic acids is 1. The Labute approximate surface area is 99.6 Å². The first-order chi connectivity index (χ1) is 8.11. The van der Waals surface area contributed by atoms with Gasteiger partial charge in [0.15, 0.2) is 5.82 Å². The van der Waals surface area contributed by atoms with Crippen LogP contribution in [0.4, 0.5) is 5.82 Å². The Kier molecular flexibility index (Phi) is 2.90. The molecular weight excluding hydrogens is 214 g/mol. The Morgan fingerprint density at radius 3 is 2.71 bits per heavy atom. The highest BCUT2D eigenvalue weighted by atomic mass is 16.1. The van der Waals surface area contributed by atoms with E-state index in [4.69, 9.17) is 0 Å². The first-order valence-corrected chi connectivity index (χ1v) is 5.31. The van der Waals surface area contributed by atoms with E-state index < -0.39 is 0 Å². The molecule has 0 unspecified atom stereocenters. The molecular formula is C13H13N3O. The molecule has 1 aromatic heterocycles. The highest BCUT2D eigenvalue weighted by Crippen LogP contribution is 2.26. The Morgan fingerprint density at radius 2 is 2.06 bits per heavy atom. The van der Waals surface area contributed by atoms with Gasteiger partial charge in [-0.3, -0.25) is 0 Å². The Morgan fingerprint density at radius 1 is 1.29 bits per heavy atom. The summed E-state index contributed by atoms with van der Waals surface area (Å²) in [4.78, 5) is 13.8. The highest BCUT2D eigenvalue weighted by molar-refractivity contribution is 5.66. The summed E-state index contributed by atoms with van der Waals surface area (Å²) >= 11 is 0. The van der Waals surface area contributed by atoms with E-state index in [1.54, 1.807) is 17.8 Å². The van der Waals surface area contributed by atoms with Crippen molar-refractivity contribution in [3.05, 3.63) is 35.4 Å². The van der Waals surface area contributed by atoms with Gasteiger partial charge in [0, 0.05) is 18.7 Å². The molecule has 0 saturated carbocycles. The molecule has 86 valence electrons. The molecule has 1 aromatic carbocycles. The Balaban J connectivity index is 2.53. The Hall–Kier alpha value is -2.19. The molecule has 0 fully saturated rings. The van der Waals surface area contributed by atoms with Crippen molar-refractivity contribution in [3.63, 3.8) is 0 Å². The number of benzene rings is 1. The summed E-state index contributed by atoms with van der Waals surface area (Å²) in [5.74, 6) is 0.509. The zero-order valence-corrected chi connectivity index (χ0v) is 10.1. The maximum Gasteiger partial charge on any atom is 0.242 e. The van der Waals surface area contributed by atoms with Crippen LogP contribution in [0.5, 0.6) is 0 Å². The third-order valence-corrected chi connectivity index (χ3v) is 2.67. The SMILES string of the molecule is Cc1ccc(-c2cc(N=C=O)n(C)n2)c(C)c1. The second-order valence-electron chi connectivity index (χ2n) is 4.03. The quantitative estimate of drug-likeness (QED) is 0.585. The highest BCUT2D eigenvalue weighted by Gasteiger charge is 2.08. The zero-order valence-electron chi connectivity index (χ0n) is 10.1. The smallest absolute Gasteiger partial charge is 0.242 e. The number of aromatic nitrogens is 2. The summed E-state index contributed by atoms with van der Waals surface area (Å²) < 4.78 is 1.57. The van der Waals surface area contributed by atoms with Crippen molar-refractivity contribution >= 4 is 11.9 Å². The molecule has 0 aliphatic rings. The fourth-order valence-corrected chi connectivity index (χ4v) is 1.84. The normalized spacial score (nSPS) is 10.1. The van der Waals surface area contributed by atoms with E-state index in [1.165, 1.54) is 11.6 Å². The van der Waals surface area contributed by atoms with Gasteiger partial charge in [0.1, 0.15) is 0 Å². The molecule has 1 heterocycles. The van der Waals surface area contributed by atoms with Crippen LogP contribution in [0.3, 0.4) is 0 Å². The van der Waals surface area contributed by atoms with Crippen LogP contribution in [0.25, 0.3) is 11.3 Å². The number of rotatable bonds is 2. The largest absolute Gasteiger partial charge is 0.250 e. The van der Waals surface area contributed by atoms with Crippen molar-refractivity contribution in [2.75, 3.05) is 0 Å². The molecule has 4 heteroatoms. The van der Waals surface area contributed by atoms with Crippen molar-refractivity contribution in [3.8, 4) is 11.3 Å². The minimum absolute atomic E-state index is 0.509. The minimum atomic E-state index is 0.509. The summed E-state index contributed by atoms with van der Waals surface area (Å²) in [5.41, 5.74) is 4.25. The summed E-state index contributed by atoms with van der Waals surface area (Å²) in [5, 5.41) is 4.33. The average Bonchev–Trinajstić information content (AvgIpc) is 2.60. The molecule has 2 rings (SSSR count). The van der Waals surface area contributed by atoms with E-state index in [9.17, 15) is 4.79 Å². The lowest BCUT2D eigenvalue weighted by atomic mass is 10.0. The Bertz CT molecular complexity index is 607. The molecule has 0 saturated heterocycles. The first kappa shape index (κ1) is 11.3. The van der Waals surface area contributed by atoms with E-state index in [2.05, 4.69) is 23.1 Å². The maximum atomic E-state index is 10.3. The number of isocyanates is 1. The van der Waals surface area contributed by atoms with E-state index >= 15 is 0 Å². The van der Waals surface area contributed by atoms with Crippen LogP contribution in [-0.2, 0) is 11.8 Å². The summed E-state index contributed by atoms with van der Waals surface area (Å²) in [6, 6.07) is 7.95. The second kappa shape index (κ2) is 4.36. The summed E-state index contributed by atoms with van der Waals surface area (Å²) in [6.45, 7) is 4.09. The summed E-state index contributed by atoms with van der Waals surface area (Å²) in [6.07, 6.45) is 1.53. The first-order valence-electron chi connectivity index (χ1n) is 5.31. The maximum absolute atomic E-state index is 10.3. The molecule has 0 atom stereocenters. The number of hydrogen-bond acceptors (Lipinski definition) is 3. The monoisotopic (exact) mass is 227 g/mol. The van der Waals surface area contributed by atoms with E-state index in [0.717, 1.165) is 16.8 Å². The van der Waals surface area contributed by atoms with Gasteiger partial charge in [-0.2, -0.15) is 5.10 Å². The summed E-state index contributed by atoms with van der Waals surface area (Å²) in [7, 11) is 1.75. The predicted molar refractivity (Wildman–Crippen MR) is 65.9 cm³/mol. The van der Waals surface area contributed by atoms with Gasteiger partial charge in [0.05, 0.1) is 5.69 Å². The van der Waals surface area contributed by atoms with Crippen LogP contribution in [0.2, 0.25) is 0 Å². The standard InChI is InChI=1S/C13H13N3O/c1-9-4-5-11(10(2)6-9)12-7-13(14-8-17)16(3)15-12/h4-7H,1-3H3. The van der Waals surface area contributed by atoms with Crippen molar-refractivity contribution in [2.24, 2.45) is 12.0 Å². The third kappa shape index (κ3) is 2.17. The number of hydrogen-bond donors (Lipinski definition) is 0. The lowest BCUT2D eigenvalue weighted by Gasteiger charge is -2.03. The van der Waals surface area contributed by atoms with Crippen LogP contribution in [0.15, 0.2) is 29.3 Å². The molecule has 17 heavy (non-hydrogen) atoms. The average molecular weight is 227 g/mol. The predicted octanol–water partition coefficient (Wildman–Crippen LogP) is 2.67. The van der Waals surface area contributed by atoms with Gasteiger partial charge < -0.3 is 0 Å². The molecule has 0 aliphatic heterocycles. The molecule has 0 radical (unpaired) electrons. The number of aryl methyl sites for hydroxylation is 3. The number of aliphatic imine (C=N–C) groups is 1. The molecule has 0 bridgehead atoms. The van der Waals surface area contributed by atoms with Crippen molar-refractivity contribution in [2.45, 2.75) is 13.8 Å². The van der Waals surface area contributed by atoms with Crippen LogP contribution < -0.4 is 0 Å². The molecule has 0 spiro atoms. The van der Waals surface area contributed by atoms with Crippen LogP contribution >= 0.6 is 0 Å². The van der Waals surface area contributed by atoms with Gasteiger partial charge in [-0.1, -0.05) is 23.8 Å². The molecule has 0 aliphatic carbocycles. The molecule has 0 amide bonds. The van der Waals surface area contributed by atoms with E-state index in [0.29, 0.717) is 5.82 Å². The van der Waals surface area contributed by atoms with Crippen LogP contribution in [0.1, 0.15) is 11.1 Å². The van der Waals surface area contributed by atoms with Crippen molar-refractivity contribution < 1.29 is 4.79 Å². The van der Waals surface area contributed by atoms with Crippen molar-refractivity contribution in [1.29, 1.82) is 0 Å². The lowest BCUT2D eigenvalue weighted by Crippen LogP contribution is -1.90. The van der Waals surface area contributed by atoms with Crippen LogP contribution in [0, 0.1) is 13.8 Å². The number of nitrogens with zero attached hydrogens (tertiary/aromatic N) is 3. The fourth-order valence-electron chi connectivity index (χ4n) is 1.84. The lowest BCUT2D eigenvalue weighted by molar-refractivity contribution is 0.564. The molecule has 2 aromatic rings. The van der Waals surface area contributed by atoms with Gasteiger partial charge in [-0.05, 0) is 19.4 Å². The zero-order chi connectivity index (χ0) is 12.4. The van der Waals surface area contributed by atoms with Gasteiger partial charge >= 0.3 is 0 Å². The van der Waals surface area contributed by atoms with Gasteiger partial charge in [0.2, 0.25) is 6.08 Å². The van der Waals surface area contributed by atoms with E-state index in [-0.39, 0.29) is 0 Å². The molecule has 0 N–H and O–H groups in total. The van der Waals surface area contributed by atoms with Gasteiger partial charge in [-0.15, -0.1) is 4.99 Å². The molecule has 4 nitrogen and oxygen atoms in total. The van der Waals surface area contributed by atoms with Crippen LogP contribution in [-0.4, -0.2) is 15.9 Å². The minimum Gasteiger partial charge on any atom is -0.250 e. The van der Waals surface area contributed by atoms with Gasteiger partial charge in [-0.25, -0.2) is 9.48 Å². The van der Waals surface area contributed by atoms with Crippen molar-refractivity contribution in [1.82, 2.24) is 9.78 Å². The fraction of sp³-hybridized carbons (Fsp3) is 0.231. The second-order valence-corrected chi connectivity index (χ2v) is 4.03. The van der Waals surface area contributed by atoms with E-state index in [1.807, 2.05) is 19.1 Å².